The zero-order chi connectivity index (χ0) is 19.4. The lowest BCUT2D eigenvalue weighted by atomic mass is 10.1. The maximum absolute atomic E-state index is 13.2. The molecule has 1 unspecified atom stereocenters. The van der Waals surface area contributed by atoms with Gasteiger partial charge in [0.2, 0.25) is 0 Å². The highest BCUT2D eigenvalue weighted by Crippen LogP contribution is 2.21. The molecule has 3 aromatic carbocycles. The summed E-state index contributed by atoms with van der Waals surface area (Å²) in [5.74, 6) is 0. The van der Waals surface area contributed by atoms with Crippen molar-refractivity contribution in [3.05, 3.63) is 96.6 Å². The van der Waals surface area contributed by atoms with Crippen LogP contribution in [0.2, 0.25) is 0 Å². The van der Waals surface area contributed by atoms with E-state index in [2.05, 4.69) is 10.2 Å². The molecule has 1 atom stereocenters. The molecule has 0 spiro atoms. The van der Waals surface area contributed by atoms with Gasteiger partial charge in [-0.05, 0) is 42.3 Å². The number of nitrogens with zero attached hydrogens (tertiary/aromatic N) is 3. The lowest BCUT2D eigenvalue weighted by molar-refractivity contribution is 0.587. The molecule has 0 bridgehead atoms. The Kier molecular flexibility index (Phi) is 5.04. The number of fused-ring (bicyclic) bond motifs is 1. The molecule has 4 rings (SSSR count). The molecule has 6 heteroatoms. The third-order valence-corrected chi connectivity index (χ3v) is 6.54. The number of aromatic nitrogens is 3. The topological polar surface area (TPSA) is 64.8 Å². The highest BCUT2D eigenvalue weighted by molar-refractivity contribution is 7.92. The maximum atomic E-state index is 13.2. The number of hydrogen-bond donors (Lipinski definition) is 0. The van der Waals surface area contributed by atoms with E-state index in [4.69, 9.17) is 0 Å². The molecule has 0 aliphatic rings. The Morgan fingerprint density at radius 1 is 0.786 bits per heavy atom. The fourth-order valence-corrected chi connectivity index (χ4v) is 4.60. The fourth-order valence-electron chi connectivity index (χ4n) is 3.03. The Bertz CT molecular complexity index is 1170. The van der Waals surface area contributed by atoms with E-state index in [1.165, 1.54) is 4.80 Å². The van der Waals surface area contributed by atoms with Gasteiger partial charge in [0.25, 0.3) is 0 Å². The van der Waals surface area contributed by atoms with E-state index in [0.29, 0.717) is 11.3 Å². The predicted molar refractivity (Wildman–Crippen MR) is 110 cm³/mol. The second kappa shape index (κ2) is 7.78. The van der Waals surface area contributed by atoms with Crippen molar-refractivity contribution in [3.63, 3.8) is 0 Å². The van der Waals surface area contributed by atoms with Crippen molar-refractivity contribution in [3.8, 4) is 0 Å². The minimum absolute atomic E-state index is 0.305. The van der Waals surface area contributed by atoms with Crippen LogP contribution in [-0.4, -0.2) is 28.7 Å². The molecule has 0 fully saturated rings. The van der Waals surface area contributed by atoms with Crippen LogP contribution in [0, 0.1) is 0 Å². The van der Waals surface area contributed by atoms with Crippen molar-refractivity contribution >= 4 is 27.1 Å². The van der Waals surface area contributed by atoms with Gasteiger partial charge in [-0.2, -0.15) is 4.80 Å². The van der Waals surface area contributed by atoms with Gasteiger partial charge in [0, 0.05) is 6.20 Å². The van der Waals surface area contributed by atoms with Crippen molar-refractivity contribution in [1.29, 1.82) is 0 Å². The molecule has 0 aliphatic heterocycles. The Morgan fingerprint density at radius 2 is 1.32 bits per heavy atom. The van der Waals surface area contributed by atoms with Crippen molar-refractivity contribution < 1.29 is 8.42 Å². The van der Waals surface area contributed by atoms with E-state index in [1.54, 1.807) is 42.6 Å². The van der Waals surface area contributed by atoms with Crippen LogP contribution in [0.1, 0.15) is 5.56 Å². The van der Waals surface area contributed by atoms with Crippen LogP contribution in [-0.2, 0) is 16.3 Å². The van der Waals surface area contributed by atoms with Crippen LogP contribution < -0.4 is 0 Å². The summed E-state index contributed by atoms with van der Waals surface area (Å²) in [6, 6.07) is 25.7. The zero-order valence-corrected chi connectivity index (χ0v) is 15.9. The van der Waals surface area contributed by atoms with E-state index in [-0.39, 0.29) is 0 Å². The standard InChI is InChI=1S/C22H19N3O2S/c26-28(27,19-11-5-2-6-12-19)20(17-18-9-3-1-4-10-18)15-16-25-23-21-13-7-8-14-22(21)24-25/h1-16,20H,17H2. The monoisotopic (exact) mass is 389 g/mol. The molecule has 4 aromatic rings. The molecule has 0 aliphatic carbocycles. The Balaban J connectivity index is 1.70. The minimum Gasteiger partial charge on any atom is -0.223 e. The normalized spacial score (nSPS) is 13.1. The largest absolute Gasteiger partial charge is 0.223 e. The third-order valence-electron chi connectivity index (χ3n) is 4.49. The first-order valence-corrected chi connectivity index (χ1v) is 10.5. The molecule has 0 saturated carbocycles. The first-order valence-electron chi connectivity index (χ1n) is 8.96. The molecule has 28 heavy (non-hydrogen) atoms. The average Bonchev–Trinajstić information content (AvgIpc) is 3.15. The highest BCUT2D eigenvalue weighted by atomic mass is 32.2. The summed E-state index contributed by atoms with van der Waals surface area (Å²) >= 11 is 0. The second-order valence-corrected chi connectivity index (χ2v) is 8.60. The maximum Gasteiger partial charge on any atom is 0.185 e. The first kappa shape index (κ1) is 18.1. The molecule has 0 amide bonds. The lowest BCUT2D eigenvalue weighted by Crippen LogP contribution is -2.22. The van der Waals surface area contributed by atoms with Gasteiger partial charge in [0.05, 0.1) is 10.1 Å². The van der Waals surface area contributed by atoms with Crippen LogP contribution in [0.25, 0.3) is 17.2 Å². The van der Waals surface area contributed by atoms with Gasteiger partial charge >= 0.3 is 0 Å². The van der Waals surface area contributed by atoms with Crippen LogP contribution in [0.3, 0.4) is 0 Å². The van der Waals surface area contributed by atoms with Crippen molar-refractivity contribution in [1.82, 2.24) is 15.0 Å². The highest BCUT2D eigenvalue weighted by Gasteiger charge is 2.25. The molecule has 0 saturated heterocycles. The van der Waals surface area contributed by atoms with E-state index in [1.807, 2.05) is 54.6 Å². The smallest absolute Gasteiger partial charge is 0.185 e. The van der Waals surface area contributed by atoms with Crippen molar-refractivity contribution in [2.75, 3.05) is 0 Å². The fraction of sp³-hybridized carbons (Fsp3) is 0.0909. The quantitative estimate of drug-likeness (QED) is 0.500. The number of hydrogen-bond acceptors (Lipinski definition) is 4. The third kappa shape index (κ3) is 3.87. The van der Waals surface area contributed by atoms with E-state index >= 15 is 0 Å². The lowest BCUT2D eigenvalue weighted by Gasteiger charge is -2.14. The second-order valence-electron chi connectivity index (χ2n) is 6.44. The molecule has 0 radical (unpaired) electrons. The first-order chi connectivity index (χ1) is 13.6. The van der Waals surface area contributed by atoms with Gasteiger partial charge < -0.3 is 0 Å². The minimum atomic E-state index is -3.56. The summed E-state index contributed by atoms with van der Waals surface area (Å²) in [7, 11) is -3.56. The Labute approximate surface area is 163 Å². The molecule has 5 nitrogen and oxygen atoms in total. The SMILES string of the molecule is O=S(=O)(c1ccccc1)C(C=Cn1nc2ccccc2n1)Cc1ccccc1. The summed E-state index contributed by atoms with van der Waals surface area (Å²) in [5.41, 5.74) is 2.48. The predicted octanol–water partition coefficient (Wildman–Crippen LogP) is 3.99. The van der Waals surface area contributed by atoms with Gasteiger partial charge in [-0.1, -0.05) is 60.7 Å². The summed E-state index contributed by atoms with van der Waals surface area (Å²) in [6.07, 6.45) is 3.65. The number of rotatable bonds is 6. The van der Waals surface area contributed by atoms with Crippen LogP contribution in [0.4, 0.5) is 0 Å². The van der Waals surface area contributed by atoms with E-state index in [9.17, 15) is 8.42 Å². The van der Waals surface area contributed by atoms with E-state index in [0.717, 1.165) is 16.6 Å². The van der Waals surface area contributed by atoms with Gasteiger partial charge in [-0.3, -0.25) is 0 Å². The molecule has 1 heterocycles. The van der Waals surface area contributed by atoms with Crippen LogP contribution in [0.15, 0.2) is 95.9 Å². The van der Waals surface area contributed by atoms with Crippen LogP contribution >= 0.6 is 0 Å². The Morgan fingerprint density at radius 3 is 1.93 bits per heavy atom. The summed E-state index contributed by atoms with van der Waals surface area (Å²) in [5, 5.41) is 8.01. The van der Waals surface area contributed by atoms with Gasteiger partial charge in [-0.25, -0.2) is 8.42 Å². The molecule has 0 N–H and O–H groups in total. The van der Waals surface area contributed by atoms with Crippen molar-refractivity contribution in [2.45, 2.75) is 16.6 Å². The Hall–Kier alpha value is -3.25. The summed E-state index contributed by atoms with van der Waals surface area (Å²) in [4.78, 5) is 1.72. The molecular weight excluding hydrogens is 370 g/mol. The summed E-state index contributed by atoms with van der Waals surface area (Å²) in [6.45, 7) is 0. The number of benzene rings is 3. The van der Waals surface area contributed by atoms with Crippen LogP contribution in [0.5, 0.6) is 0 Å². The molecule has 1 aromatic heterocycles. The van der Waals surface area contributed by atoms with Gasteiger partial charge in [-0.15, -0.1) is 10.2 Å². The molecular formula is C22H19N3O2S. The average molecular weight is 389 g/mol. The van der Waals surface area contributed by atoms with E-state index < -0.39 is 15.1 Å². The zero-order valence-electron chi connectivity index (χ0n) is 15.1. The van der Waals surface area contributed by atoms with Crippen molar-refractivity contribution in [2.24, 2.45) is 0 Å². The molecule has 140 valence electrons. The number of sulfone groups is 1. The van der Waals surface area contributed by atoms with Gasteiger partial charge in [0.15, 0.2) is 9.84 Å². The van der Waals surface area contributed by atoms with Gasteiger partial charge in [0.1, 0.15) is 11.0 Å². The summed E-state index contributed by atoms with van der Waals surface area (Å²) < 4.78 is 26.5.